The van der Waals surface area contributed by atoms with Crippen molar-refractivity contribution >= 4 is 46.8 Å². The summed E-state index contributed by atoms with van der Waals surface area (Å²) in [5.74, 6) is 0.773. The number of rotatable bonds is 12. The molecule has 0 saturated carbocycles. The molecule has 3 aromatic rings. The minimum Gasteiger partial charge on any atom is -0.354 e. The lowest BCUT2D eigenvalue weighted by atomic mass is 10.0. The summed E-state index contributed by atoms with van der Waals surface area (Å²) in [6, 6.07) is 22.6. The number of hydrogen-bond donors (Lipinski definition) is 1. The topological polar surface area (TPSA) is 49.4 Å². The fraction of sp³-hybridized carbons (Fsp3) is 0.333. The Labute approximate surface area is 234 Å². The van der Waals surface area contributed by atoms with Crippen LogP contribution in [-0.2, 0) is 28.3 Å². The first-order valence-electron chi connectivity index (χ1n) is 12.4. The summed E-state index contributed by atoms with van der Waals surface area (Å²) in [7, 11) is 0. The quantitative estimate of drug-likeness (QED) is 0.262. The van der Waals surface area contributed by atoms with Crippen molar-refractivity contribution < 1.29 is 9.59 Å². The zero-order valence-corrected chi connectivity index (χ0v) is 23.9. The van der Waals surface area contributed by atoms with Crippen LogP contribution in [0.2, 0.25) is 10.0 Å². The van der Waals surface area contributed by atoms with Gasteiger partial charge >= 0.3 is 0 Å². The van der Waals surface area contributed by atoms with E-state index in [0.29, 0.717) is 41.2 Å². The summed E-state index contributed by atoms with van der Waals surface area (Å²) < 4.78 is 0. The van der Waals surface area contributed by atoms with Gasteiger partial charge in [0, 0.05) is 35.3 Å². The van der Waals surface area contributed by atoms with Crippen LogP contribution in [0.3, 0.4) is 0 Å². The van der Waals surface area contributed by atoms with Gasteiger partial charge < -0.3 is 10.2 Å². The molecular formula is C30H34Cl2N2O2S. The fourth-order valence-corrected chi connectivity index (χ4v) is 5.59. The summed E-state index contributed by atoms with van der Waals surface area (Å²) in [5, 5.41) is 4.23. The number of nitrogens with one attached hydrogen (secondary N) is 1. The Morgan fingerprint density at radius 3 is 2.22 bits per heavy atom. The molecular weight excluding hydrogens is 523 g/mol. The van der Waals surface area contributed by atoms with E-state index in [2.05, 4.69) is 19.2 Å². The number of nitrogens with zero attached hydrogens (tertiary/aromatic N) is 1. The van der Waals surface area contributed by atoms with E-state index in [-0.39, 0.29) is 17.6 Å². The van der Waals surface area contributed by atoms with Gasteiger partial charge in [0.15, 0.2) is 0 Å². The lowest BCUT2D eigenvalue weighted by molar-refractivity contribution is -0.139. The Morgan fingerprint density at radius 2 is 1.57 bits per heavy atom. The molecule has 3 rings (SSSR count). The Balaban J connectivity index is 1.87. The van der Waals surface area contributed by atoms with Crippen LogP contribution < -0.4 is 5.32 Å². The van der Waals surface area contributed by atoms with Crippen molar-refractivity contribution in [3.05, 3.63) is 105 Å². The van der Waals surface area contributed by atoms with Gasteiger partial charge in [0.1, 0.15) is 6.04 Å². The summed E-state index contributed by atoms with van der Waals surface area (Å²) >= 11 is 14.1. The predicted molar refractivity (Wildman–Crippen MR) is 156 cm³/mol. The average molecular weight is 558 g/mol. The van der Waals surface area contributed by atoms with Crippen LogP contribution in [0.4, 0.5) is 0 Å². The van der Waals surface area contributed by atoms with Crippen LogP contribution in [0.15, 0.2) is 72.8 Å². The number of hydrogen-bond acceptors (Lipinski definition) is 3. The third kappa shape index (κ3) is 8.80. The molecule has 0 spiro atoms. The van der Waals surface area contributed by atoms with Crippen LogP contribution in [0, 0.1) is 12.8 Å². The maximum absolute atomic E-state index is 13.8. The van der Waals surface area contributed by atoms with Crippen LogP contribution in [0.25, 0.3) is 0 Å². The third-order valence-electron chi connectivity index (χ3n) is 6.09. The fourth-order valence-electron chi connectivity index (χ4n) is 3.94. The van der Waals surface area contributed by atoms with Crippen molar-refractivity contribution in [3.8, 4) is 0 Å². The van der Waals surface area contributed by atoms with Gasteiger partial charge in [-0.3, -0.25) is 9.59 Å². The van der Waals surface area contributed by atoms with E-state index in [0.717, 1.165) is 22.3 Å². The molecule has 0 heterocycles. The first-order chi connectivity index (χ1) is 17.8. The molecule has 1 unspecified atom stereocenters. The highest BCUT2D eigenvalue weighted by Gasteiger charge is 2.30. The van der Waals surface area contributed by atoms with Crippen molar-refractivity contribution in [2.45, 2.75) is 45.5 Å². The SMILES string of the molecule is Cc1ccccc1CN(C(=O)CSCc1c(Cl)cccc1Cl)C(Cc1ccccc1)C(=O)NCC(C)C. The van der Waals surface area contributed by atoms with Gasteiger partial charge in [-0.15, -0.1) is 11.8 Å². The van der Waals surface area contributed by atoms with Crippen molar-refractivity contribution in [1.29, 1.82) is 0 Å². The predicted octanol–water partition coefficient (Wildman–Crippen LogP) is 6.95. The molecule has 0 saturated heterocycles. The zero-order chi connectivity index (χ0) is 26.8. The largest absolute Gasteiger partial charge is 0.354 e. The van der Waals surface area contributed by atoms with Gasteiger partial charge in [-0.05, 0) is 47.2 Å². The Hall–Kier alpha value is -2.47. The van der Waals surface area contributed by atoms with Gasteiger partial charge in [-0.2, -0.15) is 0 Å². The first-order valence-corrected chi connectivity index (χ1v) is 14.3. The molecule has 0 radical (unpaired) electrons. The second-order valence-corrected chi connectivity index (χ2v) is 11.3. The van der Waals surface area contributed by atoms with Crippen molar-refractivity contribution in [3.63, 3.8) is 0 Å². The lowest BCUT2D eigenvalue weighted by Gasteiger charge is -2.32. The third-order valence-corrected chi connectivity index (χ3v) is 7.74. The molecule has 0 bridgehead atoms. The molecule has 0 aliphatic rings. The van der Waals surface area contributed by atoms with E-state index >= 15 is 0 Å². The molecule has 2 amide bonds. The minimum atomic E-state index is -0.641. The zero-order valence-electron chi connectivity index (χ0n) is 21.5. The van der Waals surface area contributed by atoms with Crippen LogP contribution in [0.5, 0.6) is 0 Å². The molecule has 0 aliphatic carbocycles. The summed E-state index contributed by atoms with van der Waals surface area (Å²) in [4.78, 5) is 29.0. The number of benzene rings is 3. The summed E-state index contributed by atoms with van der Waals surface area (Å²) in [6.45, 7) is 7.04. The summed E-state index contributed by atoms with van der Waals surface area (Å²) in [6.07, 6.45) is 0.434. The summed E-state index contributed by atoms with van der Waals surface area (Å²) in [5.41, 5.74) is 3.91. The Bertz CT molecular complexity index is 1170. The number of amides is 2. The van der Waals surface area contributed by atoms with Crippen molar-refractivity contribution in [2.75, 3.05) is 12.3 Å². The van der Waals surface area contributed by atoms with Gasteiger partial charge in [-0.25, -0.2) is 0 Å². The number of carbonyl (C=O) groups excluding carboxylic acids is 2. The smallest absolute Gasteiger partial charge is 0.243 e. The normalized spacial score (nSPS) is 11.8. The molecule has 196 valence electrons. The second kappa shape index (κ2) is 14.5. The van der Waals surface area contributed by atoms with Gasteiger partial charge in [-0.1, -0.05) is 97.7 Å². The molecule has 1 N–H and O–H groups in total. The number of halogens is 2. The number of aryl methyl sites for hydroxylation is 1. The van der Waals surface area contributed by atoms with E-state index in [4.69, 9.17) is 23.2 Å². The Kier molecular flexibility index (Phi) is 11.4. The van der Waals surface area contributed by atoms with E-state index < -0.39 is 6.04 Å². The average Bonchev–Trinajstić information content (AvgIpc) is 2.88. The molecule has 0 aromatic heterocycles. The van der Waals surface area contributed by atoms with E-state index in [9.17, 15) is 9.59 Å². The molecule has 4 nitrogen and oxygen atoms in total. The molecule has 7 heteroatoms. The highest BCUT2D eigenvalue weighted by Crippen LogP contribution is 2.28. The van der Waals surface area contributed by atoms with Crippen LogP contribution in [0.1, 0.15) is 36.1 Å². The van der Waals surface area contributed by atoms with Crippen molar-refractivity contribution in [2.24, 2.45) is 5.92 Å². The molecule has 37 heavy (non-hydrogen) atoms. The highest BCUT2D eigenvalue weighted by atomic mass is 35.5. The van der Waals surface area contributed by atoms with Crippen LogP contribution >= 0.6 is 35.0 Å². The maximum Gasteiger partial charge on any atom is 0.243 e. The molecule has 3 aromatic carbocycles. The van der Waals surface area contributed by atoms with E-state index in [1.54, 1.807) is 23.1 Å². The van der Waals surface area contributed by atoms with Crippen LogP contribution in [-0.4, -0.2) is 35.1 Å². The highest BCUT2D eigenvalue weighted by molar-refractivity contribution is 7.99. The van der Waals surface area contributed by atoms with E-state index in [1.165, 1.54) is 11.8 Å². The lowest BCUT2D eigenvalue weighted by Crippen LogP contribution is -2.51. The van der Waals surface area contributed by atoms with Gasteiger partial charge in [0.2, 0.25) is 11.8 Å². The number of carbonyl (C=O) groups is 2. The minimum absolute atomic E-state index is 0.0999. The maximum atomic E-state index is 13.8. The van der Waals surface area contributed by atoms with Crippen molar-refractivity contribution in [1.82, 2.24) is 10.2 Å². The number of thioether (sulfide) groups is 1. The molecule has 0 aliphatic heterocycles. The molecule has 1 atom stereocenters. The molecule has 0 fully saturated rings. The van der Waals surface area contributed by atoms with Gasteiger partial charge in [0.05, 0.1) is 5.75 Å². The first kappa shape index (κ1) is 29.1. The van der Waals surface area contributed by atoms with Gasteiger partial charge in [0.25, 0.3) is 0 Å². The second-order valence-electron chi connectivity index (χ2n) is 9.49. The van der Waals surface area contributed by atoms with E-state index in [1.807, 2.05) is 61.5 Å². The standard InChI is InChI=1S/C30H34Cl2N2O2S/c1-21(2)17-33-30(36)28(16-23-11-5-4-6-12-23)34(18-24-13-8-7-10-22(24)3)29(35)20-37-19-25-26(31)14-9-15-27(25)32/h4-15,21,28H,16-20H2,1-3H3,(H,33,36). The monoisotopic (exact) mass is 556 g/mol. The Morgan fingerprint density at radius 1 is 0.919 bits per heavy atom.